The minimum absolute atomic E-state index is 0.249. The minimum atomic E-state index is -0.249. The number of nitrogens with two attached hydrogens (primary N) is 1. The summed E-state index contributed by atoms with van der Waals surface area (Å²) in [4.78, 5) is 12.6. The van der Waals surface area contributed by atoms with Gasteiger partial charge in [0.05, 0.1) is 5.69 Å². The van der Waals surface area contributed by atoms with Crippen molar-refractivity contribution in [2.45, 2.75) is 0 Å². The van der Waals surface area contributed by atoms with E-state index in [-0.39, 0.29) is 5.91 Å². The molecule has 0 spiro atoms. The van der Waals surface area contributed by atoms with Crippen molar-refractivity contribution in [3.63, 3.8) is 0 Å². The maximum atomic E-state index is 12.6. The lowest BCUT2D eigenvalue weighted by Crippen LogP contribution is -2.37. The maximum absolute atomic E-state index is 12.6. The lowest BCUT2D eigenvalue weighted by Gasteiger charge is -2.21. The molecular weight excluding hydrogens is 352 g/mol. The van der Waals surface area contributed by atoms with E-state index >= 15 is 0 Å². The molecule has 0 bridgehead atoms. The van der Waals surface area contributed by atoms with Crippen LogP contribution in [0.25, 0.3) is 11.1 Å². The number of hydrogen-bond donors (Lipinski definition) is 1. The Morgan fingerprint density at radius 2 is 1.48 bits per heavy atom. The van der Waals surface area contributed by atoms with Gasteiger partial charge < -0.3 is 0 Å². The summed E-state index contributed by atoms with van der Waals surface area (Å²) in [7, 11) is 0. The van der Waals surface area contributed by atoms with E-state index in [2.05, 4.69) is 15.9 Å². The Balaban J connectivity index is 2.05. The van der Waals surface area contributed by atoms with E-state index in [1.165, 1.54) is 5.01 Å². The number of carbonyl (C=O) groups excluding carboxylic acids is 1. The van der Waals surface area contributed by atoms with Crippen molar-refractivity contribution in [3.8, 4) is 11.1 Å². The van der Waals surface area contributed by atoms with Gasteiger partial charge in [0, 0.05) is 15.6 Å². The minimum Gasteiger partial charge on any atom is -0.267 e. The molecule has 0 radical (unpaired) electrons. The molecule has 3 nitrogen and oxygen atoms in total. The van der Waals surface area contributed by atoms with Crippen LogP contribution in [0.4, 0.5) is 5.69 Å². The van der Waals surface area contributed by atoms with Crippen molar-refractivity contribution >= 4 is 27.5 Å². The summed E-state index contributed by atoms with van der Waals surface area (Å²) in [6.07, 6.45) is 0. The Morgan fingerprint density at radius 3 is 2.13 bits per heavy atom. The van der Waals surface area contributed by atoms with Gasteiger partial charge in [-0.1, -0.05) is 70.5 Å². The molecule has 3 rings (SSSR count). The van der Waals surface area contributed by atoms with Gasteiger partial charge in [-0.15, -0.1) is 0 Å². The Hall–Kier alpha value is -2.43. The Morgan fingerprint density at radius 1 is 0.870 bits per heavy atom. The fourth-order valence-electron chi connectivity index (χ4n) is 2.40. The van der Waals surface area contributed by atoms with E-state index in [1.807, 2.05) is 66.7 Å². The molecule has 0 atom stereocenters. The average Bonchev–Trinajstić information content (AvgIpc) is 2.62. The van der Waals surface area contributed by atoms with Gasteiger partial charge >= 0.3 is 0 Å². The predicted molar refractivity (Wildman–Crippen MR) is 97.0 cm³/mol. The lowest BCUT2D eigenvalue weighted by molar-refractivity contribution is 0.0987. The normalized spacial score (nSPS) is 10.3. The van der Waals surface area contributed by atoms with Crippen LogP contribution in [0.1, 0.15) is 10.4 Å². The third kappa shape index (κ3) is 3.33. The van der Waals surface area contributed by atoms with Gasteiger partial charge in [0.2, 0.25) is 0 Å². The van der Waals surface area contributed by atoms with Crippen LogP contribution in [-0.4, -0.2) is 5.91 Å². The van der Waals surface area contributed by atoms with E-state index in [0.717, 1.165) is 15.6 Å². The highest BCUT2D eigenvalue weighted by atomic mass is 79.9. The Labute approximate surface area is 143 Å². The van der Waals surface area contributed by atoms with E-state index in [1.54, 1.807) is 12.1 Å². The van der Waals surface area contributed by atoms with Crippen molar-refractivity contribution in [1.82, 2.24) is 0 Å². The Bertz CT molecular complexity index is 819. The van der Waals surface area contributed by atoms with Crippen molar-refractivity contribution < 1.29 is 4.79 Å². The van der Waals surface area contributed by atoms with Crippen LogP contribution in [0, 0.1) is 0 Å². The van der Waals surface area contributed by atoms with Gasteiger partial charge in [0.1, 0.15) is 0 Å². The first-order valence-electron chi connectivity index (χ1n) is 7.16. The monoisotopic (exact) mass is 366 g/mol. The van der Waals surface area contributed by atoms with Gasteiger partial charge in [-0.3, -0.25) is 4.79 Å². The molecule has 0 saturated heterocycles. The second-order valence-electron chi connectivity index (χ2n) is 5.07. The smallest absolute Gasteiger partial charge is 0.267 e. The number of anilines is 1. The molecule has 4 heteroatoms. The molecule has 1 amide bonds. The third-order valence-electron chi connectivity index (χ3n) is 3.54. The van der Waals surface area contributed by atoms with Crippen molar-refractivity contribution in [3.05, 3.63) is 88.9 Å². The summed E-state index contributed by atoms with van der Waals surface area (Å²) in [6.45, 7) is 0. The summed E-state index contributed by atoms with van der Waals surface area (Å²) in [6, 6.07) is 24.6. The first-order chi connectivity index (χ1) is 11.2. The molecule has 0 unspecified atom stereocenters. The third-order valence-corrected chi connectivity index (χ3v) is 4.04. The highest BCUT2D eigenvalue weighted by Gasteiger charge is 2.18. The molecule has 0 aliphatic carbocycles. The predicted octanol–water partition coefficient (Wildman–Crippen LogP) is 4.64. The number of hydrogen-bond acceptors (Lipinski definition) is 2. The summed E-state index contributed by atoms with van der Waals surface area (Å²) >= 11 is 3.45. The fourth-order valence-corrected chi connectivity index (χ4v) is 2.74. The van der Waals surface area contributed by atoms with E-state index < -0.39 is 0 Å². The second-order valence-corrected chi connectivity index (χ2v) is 5.98. The first-order valence-corrected chi connectivity index (χ1v) is 7.95. The molecule has 23 heavy (non-hydrogen) atoms. The zero-order valence-electron chi connectivity index (χ0n) is 12.3. The van der Waals surface area contributed by atoms with Crippen molar-refractivity contribution in [2.24, 2.45) is 5.84 Å². The molecule has 114 valence electrons. The zero-order chi connectivity index (χ0) is 16.2. The van der Waals surface area contributed by atoms with E-state index in [0.29, 0.717) is 11.3 Å². The lowest BCUT2D eigenvalue weighted by atomic mass is 10.0. The number of hydrazine groups is 1. The van der Waals surface area contributed by atoms with Crippen LogP contribution in [0.15, 0.2) is 83.3 Å². The molecule has 3 aromatic carbocycles. The molecule has 0 fully saturated rings. The number of halogens is 1. The highest BCUT2D eigenvalue weighted by Crippen LogP contribution is 2.32. The Kier molecular flexibility index (Phi) is 4.55. The standard InChI is InChI=1S/C19H15BrN2O/c20-16-11-12-17(14-7-3-1-4-8-14)18(13-16)22(21)19(23)15-9-5-2-6-10-15/h1-13H,21H2. The molecule has 3 aromatic rings. The van der Waals surface area contributed by atoms with Crippen LogP contribution in [0.5, 0.6) is 0 Å². The molecule has 0 aliphatic rings. The van der Waals surface area contributed by atoms with Gasteiger partial charge in [-0.25, -0.2) is 10.9 Å². The van der Waals surface area contributed by atoms with Crippen LogP contribution in [0.3, 0.4) is 0 Å². The molecular formula is C19H15BrN2O. The van der Waals surface area contributed by atoms with Crippen LogP contribution in [0.2, 0.25) is 0 Å². The van der Waals surface area contributed by atoms with Gasteiger partial charge in [0.15, 0.2) is 0 Å². The van der Waals surface area contributed by atoms with Crippen molar-refractivity contribution in [1.29, 1.82) is 0 Å². The number of nitrogens with zero attached hydrogens (tertiary/aromatic N) is 1. The summed E-state index contributed by atoms with van der Waals surface area (Å²) in [5, 5.41) is 1.20. The highest BCUT2D eigenvalue weighted by molar-refractivity contribution is 9.10. The summed E-state index contributed by atoms with van der Waals surface area (Å²) < 4.78 is 0.864. The second kappa shape index (κ2) is 6.77. The summed E-state index contributed by atoms with van der Waals surface area (Å²) in [5.74, 6) is 5.89. The average molecular weight is 367 g/mol. The molecule has 0 aliphatic heterocycles. The van der Waals surface area contributed by atoms with E-state index in [4.69, 9.17) is 5.84 Å². The molecule has 0 aromatic heterocycles. The van der Waals surface area contributed by atoms with Gasteiger partial charge in [0.25, 0.3) is 5.91 Å². The summed E-state index contributed by atoms with van der Waals surface area (Å²) in [5.41, 5.74) is 3.11. The number of carbonyl (C=O) groups is 1. The number of rotatable bonds is 3. The van der Waals surface area contributed by atoms with Crippen LogP contribution < -0.4 is 10.9 Å². The van der Waals surface area contributed by atoms with Gasteiger partial charge in [-0.2, -0.15) is 0 Å². The number of benzene rings is 3. The van der Waals surface area contributed by atoms with Crippen molar-refractivity contribution in [2.75, 3.05) is 5.01 Å². The maximum Gasteiger partial charge on any atom is 0.272 e. The fraction of sp³-hybridized carbons (Fsp3) is 0. The quantitative estimate of drug-likeness (QED) is 0.417. The molecule has 0 heterocycles. The SMILES string of the molecule is NN(C(=O)c1ccccc1)c1cc(Br)ccc1-c1ccccc1. The molecule has 2 N–H and O–H groups in total. The largest absolute Gasteiger partial charge is 0.272 e. The van der Waals surface area contributed by atoms with Crippen LogP contribution in [-0.2, 0) is 0 Å². The van der Waals surface area contributed by atoms with E-state index in [9.17, 15) is 4.79 Å². The van der Waals surface area contributed by atoms with Crippen LogP contribution >= 0.6 is 15.9 Å². The molecule has 0 saturated carbocycles. The topological polar surface area (TPSA) is 46.3 Å². The first kappa shape index (κ1) is 15.5. The van der Waals surface area contributed by atoms with Gasteiger partial charge in [-0.05, 0) is 29.8 Å². The number of amides is 1. The zero-order valence-corrected chi connectivity index (χ0v) is 13.9.